The van der Waals surface area contributed by atoms with E-state index in [-0.39, 0.29) is 23.3 Å². The number of aromatic nitrogens is 2. The number of piperidine rings is 1. The van der Waals surface area contributed by atoms with Gasteiger partial charge in [-0.1, -0.05) is 23.7 Å². The normalized spacial score (nSPS) is 16.9. The number of carbonyl (C=O) groups excluding carboxylic acids is 2. The molecule has 1 aliphatic rings. The van der Waals surface area contributed by atoms with Crippen molar-refractivity contribution in [3.63, 3.8) is 0 Å². The van der Waals surface area contributed by atoms with Crippen LogP contribution in [0.3, 0.4) is 0 Å². The first-order valence-electron chi connectivity index (χ1n) is 9.22. The van der Waals surface area contributed by atoms with Crippen molar-refractivity contribution >= 4 is 35.1 Å². The Kier molecular flexibility index (Phi) is 5.90. The van der Waals surface area contributed by atoms with Crippen molar-refractivity contribution < 1.29 is 9.59 Å². The second kappa shape index (κ2) is 8.22. The van der Waals surface area contributed by atoms with E-state index in [9.17, 15) is 9.59 Å². The Balaban J connectivity index is 1.67. The van der Waals surface area contributed by atoms with Crippen molar-refractivity contribution in [2.24, 2.45) is 11.5 Å². The number of carbonyl (C=O) groups is 2. The fraction of sp³-hybridized carbons (Fsp3) is 0.368. The number of rotatable bonds is 5. The van der Waals surface area contributed by atoms with Crippen LogP contribution in [0, 0.1) is 0 Å². The highest BCUT2D eigenvalue weighted by atomic mass is 35.5. The number of nitrogens with zero attached hydrogens (tertiary/aromatic N) is 3. The van der Waals surface area contributed by atoms with Crippen LogP contribution in [0.1, 0.15) is 41.7 Å². The second-order valence-electron chi connectivity index (χ2n) is 7.21. The lowest BCUT2D eigenvalue weighted by Crippen LogP contribution is -2.60. The van der Waals surface area contributed by atoms with Crippen molar-refractivity contribution in [1.82, 2.24) is 15.3 Å². The molecular formula is C19H24ClN7O2. The average Bonchev–Trinajstić information content (AvgIpc) is 2.68. The quantitative estimate of drug-likeness (QED) is 0.565. The maximum atomic E-state index is 12.8. The number of nitrogens with one attached hydrogen (secondary N) is 1. The van der Waals surface area contributed by atoms with Gasteiger partial charge in [0.1, 0.15) is 23.5 Å². The first kappa shape index (κ1) is 20.8. The number of hydrogen-bond donors (Lipinski definition) is 4. The smallest absolute Gasteiger partial charge is 0.256 e. The van der Waals surface area contributed by atoms with E-state index in [1.807, 2.05) is 24.0 Å². The van der Waals surface area contributed by atoms with Crippen LogP contribution in [0.4, 0.5) is 11.6 Å². The van der Waals surface area contributed by atoms with Crippen LogP contribution >= 0.6 is 11.6 Å². The topological polar surface area (TPSA) is 153 Å². The van der Waals surface area contributed by atoms with E-state index in [1.165, 1.54) is 6.33 Å². The van der Waals surface area contributed by atoms with Crippen LogP contribution in [0.15, 0.2) is 30.6 Å². The third kappa shape index (κ3) is 4.41. The predicted octanol–water partition coefficient (Wildman–Crippen LogP) is 0.986. The molecule has 1 aromatic carbocycles. The second-order valence-corrected chi connectivity index (χ2v) is 7.65. The lowest BCUT2D eigenvalue weighted by atomic mass is 9.87. The summed E-state index contributed by atoms with van der Waals surface area (Å²) in [6.07, 6.45) is 2.05. The van der Waals surface area contributed by atoms with Gasteiger partial charge in [-0.05, 0) is 37.5 Å². The molecule has 1 atom stereocenters. The molecule has 0 aliphatic carbocycles. The van der Waals surface area contributed by atoms with Gasteiger partial charge in [-0.2, -0.15) is 0 Å². The molecule has 0 radical (unpaired) electrons. The Morgan fingerprint density at radius 2 is 1.83 bits per heavy atom. The number of nitrogen functional groups attached to an aromatic ring is 1. The molecule has 0 spiro atoms. The number of amides is 2. The molecular weight excluding hydrogens is 394 g/mol. The molecule has 2 aromatic rings. The van der Waals surface area contributed by atoms with Gasteiger partial charge in [-0.3, -0.25) is 9.59 Å². The van der Waals surface area contributed by atoms with Gasteiger partial charge in [-0.25, -0.2) is 9.97 Å². The van der Waals surface area contributed by atoms with Crippen LogP contribution in [0.5, 0.6) is 0 Å². The molecule has 0 saturated carbocycles. The Bertz CT molecular complexity index is 911. The summed E-state index contributed by atoms with van der Waals surface area (Å²) in [5.74, 6) is -0.530. The molecule has 9 nitrogen and oxygen atoms in total. The molecule has 1 fully saturated rings. The molecule has 2 heterocycles. The molecule has 0 bridgehead atoms. The lowest BCUT2D eigenvalue weighted by molar-refractivity contribution is -0.127. The summed E-state index contributed by atoms with van der Waals surface area (Å²) in [5, 5.41) is 3.61. The van der Waals surface area contributed by atoms with Crippen molar-refractivity contribution in [2.45, 2.75) is 31.3 Å². The van der Waals surface area contributed by atoms with E-state index in [0.717, 1.165) is 5.56 Å². The molecule has 0 unspecified atom stereocenters. The van der Waals surface area contributed by atoms with Crippen molar-refractivity contribution in [1.29, 1.82) is 0 Å². The number of nitrogens with two attached hydrogens (primary N) is 3. The van der Waals surface area contributed by atoms with Crippen LogP contribution in [0.25, 0.3) is 0 Å². The highest BCUT2D eigenvalue weighted by Crippen LogP contribution is 2.28. The van der Waals surface area contributed by atoms with Crippen LogP contribution in [-0.4, -0.2) is 40.4 Å². The minimum absolute atomic E-state index is 0.0293. The van der Waals surface area contributed by atoms with Crippen LogP contribution in [-0.2, 0) is 4.79 Å². The van der Waals surface area contributed by atoms with Gasteiger partial charge in [-0.15, -0.1) is 0 Å². The largest absolute Gasteiger partial charge is 0.383 e. The standard InChI is InChI=1S/C19H24ClN7O2/c1-11(12-2-4-13(20)5-3-12)26-18(29)19(23)6-8-27(9-7-19)17-14(16(22)28)15(21)24-10-25-17/h2-5,10-11H,6-9,23H2,1H3,(H2,22,28)(H,26,29)(H2,21,24,25)/t11-/m0/s1. The van der Waals surface area contributed by atoms with E-state index in [1.54, 1.807) is 12.1 Å². The van der Waals surface area contributed by atoms with Gasteiger partial charge >= 0.3 is 0 Å². The lowest BCUT2D eigenvalue weighted by Gasteiger charge is -2.39. The number of anilines is 2. The van der Waals surface area contributed by atoms with Gasteiger partial charge < -0.3 is 27.4 Å². The minimum atomic E-state index is -1.03. The SMILES string of the molecule is C[C@H](NC(=O)C1(N)CCN(c2ncnc(N)c2C(N)=O)CC1)c1ccc(Cl)cc1. The van der Waals surface area contributed by atoms with Crippen LogP contribution < -0.4 is 27.4 Å². The molecule has 7 N–H and O–H groups in total. The van der Waals surface area contributed by atoms with Gasteiger partial charge in [0.2, 0.25) is 5.91 Å². The van der Waals surface area contributed by atoms with Gasteiger partial charge in [0.15, 0.2) is 0 Å². The monoisotopic (exact) mass is 417 g/mol. The zero-order chi connectivity index (χ0) is 21.2. The highest BCUT2D eigenvalue weighted by Gasteiger charge is 2.39. The summed E-state index contributed by atoms with van der Waals surface area (Å²) in [7, 11) is 0. The zero-order valence-corrected chi connectivity index (χ0v) is 16.8. The summed E-state index contributed by atoms with van der Waals surface area (Å²) < 4.78 is 0. The molecule has 1 aliphatic heterocycles. The van der Waals surface area contributed by atoms with E-state index in [2.05, 4.69) is 15.3 Å². The average molecular weight is 418 g/mol. The fourth-order valence-corrected chi connectivity index (χ4v) is 3.51. The van der Waals surface area contributed by atoms with E-state index in [0.29, 0.717) is 36.8 Å². The van der Waals surface area contributed by atoms with E-state index >= 15 is 0 Å². The third-order valence-corrected chi connectivity index (χ3v) is 5.48. The Morgan fingerprint density at radius 3 is 2.41 bits per heavy atom. The third-order valence-electron chi connectivity index (χ3n) is 5.23. The summed E-state index contributed by atoms with van der Waals surface area (Å²) in [6.45, 7) is 2.74. The van der Waals surface area contributed by atoms with E-state index in [4.69, 9.17) is 28.8 Å². The number of primary amides is 1. The predicted molar refractivity (Wildman–Crippen MR) is 111 cm³/mol. The van der Waals surface area contributed by atoms with Crippen molar-refractivity contribution in [3.05, 3.63) is 46.7 Å². The molecule has 10 heteroatoms. The van der Waals surface area contributed by atoms with Gasteiger partial charge in [0.25, 0.3) is 5.91 Å². The molecule has 2 amide bonds. The van der Waals surface area contributed by atoms with E-state index < -0.39 is 11.4 Å². The molecule has 29 heavy (non-hydrogen) atoms. The maximum Gasteiger partial charge on any atom is 0.256 e. The molecule has 1 saturated heterocycles. The molecule has 3 rings (SSSR count). The number of benzene rings is 1. The van der Waals surface area contributed by atoms with Crippen molar-refractivity contribution in [3.8, 4) is 0 Å². The fourth-order valence-electron chi connectivity index (χ4n) is 3.39. The summed E-state index contributed by atoms with van der Waals surface area (Å²) in [6, 6.07) is 7.08. The van der Waals surface area contributed by atoms with Gasteiger partial charge in [0.05, 0.1) is 11.6 Å². The number of hydrogen-bond acceptors (Lipinski definition) is 7. The molecule has 154 valence electrons. The highest BCUT2D eigenvalue weighted by molar-refractivity contribution is 6.30. The van der Waals surface area contributed by atoms with Crippen molar-refractivity contribution in [2.75, 3.05) is 23.7 Å². The van der Waals surface area contributed by atoms with Crippen LogP contribution in [0.2, 0.25) is 5.02 Å². The first-order valence-corrected chi connectivity index (χ1v) is 9.59. The summed E-state index contributed by atoms with van der Waals surface area (Å²) in [4.78, 5) is 34.4. The maximum absolute atomic E-state index is 12.8. The Labute approximate surface area is 173 Å². The number of halogens is 1. The zero-order valence-electron chi connectivity index (χ0n) is 16.1. The minimum Gasteiger partial charge on any atom is -0.383 e. The van der Waals surface area contributed by atoms with Gasteiger partial charge in [0, 0.05) is 18.1 Å². The Morgan fingerprint density at radius 1 is 1.21 bits per heavy atom. The summed E-state index contributed by atoms with van der Waals surface area (Å²) in [5.41, 5.74) is 17.6. The summed E-state index contributed by atoms with van der Waals surface area (Å²) >= 11 is 5.91. The molecule has 1 aromatic heterocycles. The first-order chi connectivity index (χ1) is 13.7. The Hall–Kier alpha value is -2.91.